The minimum absolute atomic E-state index is 0.0849. The van der Waals surface area contributed by atoms with E-state index in [1.54, 1.807) is 24.3 Å². The molecule has 0 saturated carbocycles. The van der Waals surface area contributed by atoms with E-state index in [9.17, 15) is 31.1 Å². The number of rotatable bonds is 5. The molecule has 1 unspecified atom stereocenters. The molecule has 0 bridgehead atoms. The molecule has 1 atom stereocenters. The number of methoxy groups -OCH3 is 1. The second-order valence-electron chi connectivity index (χ2n) is 7.60. The Morgan fingerprint density at radius 2 is 1.62 bits per heavy atom. The van der Waals surface area contributed by atoms with Gasteiger partial charge in [-0.3, -0.25) is 19.7 Å². The molecular formula is C25H24F6N4O2. The molecule has 3 aromatic rings. The van der Waals surface area contributed by atoms with Gasteiger partial charge in [-0.15, -0.1) is 0 Å². The molecule has 1 aliphatic rings. The van der Waals surface area contributed by atoms with Crippen LogP contribution in [0.4, 0.5) is 32.2 Å². The Kier molecular flexibility index (Phi) is 8.32. The Labute approximate surface area is 208 Å². The second-order valence-corrected chi connectivity index (χ2v) is 7.60. The predicted molar refractivity (Wildman–Crippen MR) is 129 cm³/mol. The van der Waals surface area contributed by atoms with E-state index in [1.165, 1.54) is 19.4 Å². The van der Waals surface area contributed by atoms with Crippen LogP contribution in [0.15, 0.2) is 64.4 Å². The molecule has 0 radical (unpaired) electrons. The van der Waals surface area contributed by atoms with Crippen LogP contribution in [0.2, 0.25) is 0 Å². The fourth-order valence-electron chi connectivity index (χ4n) is 3.54. The van der Waals surface area contributed by atoms with E-state index in [0.29, 0.717) is 16.9 Å². The molecule has 0 amide bonds. The van der Waals surface area contributed by atoms with Gasteiger partial charge in [0.1, 0.15) is 11.6 Å². The molecule has 198 valence electrons. The number of hydrogen-bond acceptors (Lipinski definition) is 5. The second kappa shape index (κ2) is 11.1. The van der Waals surface area contributed by atoms with Gasteiger partial charge in [0.15, 0.2) is 6.29 Å². The zero-order chi connectivity index (χ0) is 27.4. The first-order valence-corrected chi connectivity index (χ1v) is 11.2. The number of ether oxygens (including phenoxy) is 1. The summed E-state index contributed by atoms with van der Waals surface area (Å²) in [4.78, 5) is 17.5. The van der Waals surface area contributed by atoms with Crippen LogP contribution in [0, 0.1) is 0 Å². The third-order valence-corrected chi connectivity index (χ3v) is 5.22. The summed E-state index contributed by atoms with van der Waals surface area (Å²) in [6, 6.07) is 12.0. The third-order valence-electron chi connectivity index (χ3n) is 5.22. The number of alkyl halides is 6. The topological polar surface area (TPSA) is 67.7 Å². The van der Waals surface area contributed by atoms with Crippen LogP contribution in [-0.4, -0.2) is 36.9 Å². The highest BCUT2D eigenvalue weighted by atomic mass is 19.4. The van der Waals surface area contributed by atoms with E-state index in [2.05, 4.69) is 15.6 Å². The standard InChI is InChI=1S/C23H18F6N4O2.C2H6/c1-35-17-8-2-13(3-9-17)18-10-14-11-30-21(31-12-22(24,25)26)32-19(14)33(20(18)34)16-6-4-15(5-7-16)23(27,28)29;1-2/h2-11,21,31-32H,12H2,1H3;1-2H3. The lowest BCUT2D eigenvalue weighted by molar-refractivity contribution is -0.137. The maximum Gasteiger partial charge on any atom is 0.416 e. The molecule has 0 fully saturated rings. The highest BCUT2D eigenvalue weighted by Gasteiger charge is 2.31. The number of aromatic nitrogens is 1. The van der Waals surface area contributed by atoms with Crippen molar-refractivity contribution in [3.8, 4) is 22.6 Å². The van der Waals surface area contributed by atoms with Crippen LogP contribution in [0.3, 0.4) is 0 Å². The molecule has 1 aliphatic heterocycles. The summed E-state index contributed by atoms with van der Waals surface area (Å²) in [5.74, 6) is 0.637. The average molecular weight is 526 g/mol. The third kappa shape index (κ3) is 6.50. The smallest absolute Gasteiger partial charge is 0.416 e. The first-order chi connectivity index (χ1) is 17.5. The Morgan fingerprint density at radius 1 is 1.00 bits per heavy atom. The SMILES string of the molecule is CC.COc1ccc(-c2cc3c(n(-c4ccc(C(F)(F)F)cc4)c2=O)NC(NCC(F)(F)F)N=C3)cc1. The van der Waals surface area contributed by atoms with Gasteiger partial charge in [-0.25, -0.2) is 0 Å². The number of nitrogens with one attached hydrogen (secondary N) is 2. The monoisotopic (exact) mass is 526 g/mol. The number of aliphatic imine (C=N–C) groups is 1. The maximum atomic E-state index is 13.5. The molecule has 0 aliphatic carbocycles. The number of benzene rings is 2. The summed E-state index contributed by atoms with van der Waals surface area (Å²) < 4.78 is 83.3. The lowest BCUT2D eigenvalue weighted by atomic mass is 10.0. The zero-order valence-corrected chi connectivity index (χ0v) is 20.0. The van der Waals surface area contributed by atoms with Crippen molar-refractivity contribution in [1.29, 1.82) is 0 Å². The molecule has 2 heterocycles. The van der Waals surface area contributed by atoms with Crippen molar-refractivity contribution in [2.45, 2.75) is 32.5 Å². The van der Waals surface area contributed by atoms with Gasteiger partial charge >= 0.3 is 12.4 Å². The van der Waals surface area contributed by atoms with Crippen molar-refractivity contribution in [1.82, 2.24) is 9.88 Å². The fourth-order valence-corrected chi connectivity index (χ4v) is 3.54. The van der Waals surface area contributed by atoms with Crippen LogP contribution < -0.4 is 20.9 Å². The molecule has 0 spiro atoms. The van der Waals surface area contributed by atoms with E-state index in [4.69, 9.17) is 4.74 Å². The van der Waals surface area contributed by atoms with Crippen LogP contribution in [-0.2, 0) is 6.18 Å². The summed E-state index contributed by atoms with van der Waals surface area (Å²) in [5, 5.41) is 4.91. The molecule has 2 aromatic carbocycles. The Morgan fingerprint density at radius 3 is 2.16 bits per heavy atom. The first-order valence-electron chi connectivity index (χ1n) is 11.2. The van der Waals surface area contributed by atoms with Crippen molar-refractivity contribution in [2.75, 3.05) is 19.0 Å². The minimum atomic E-state index is -4.58. The van der Waals surface area contributed by atoms with E-state index < -0.39 is 36.3 Å². The van der Waals surface area contributed by atoms with Crippen molar-refractivity contribution >= 4 is 12.0 Å². The quantitative estimate of drug-likeness (QED) is 0.410. The number of halogens is 6. The van der Waals surface area contributed by atoms with Gasteiger partial charge in [0.05, 0.1) is 24.9 Å². The van der Waals surface area contributed by atoms with Crippen molar-refractivity contribution in [3.63, 3.8) is 0 Å². The number of pyridine rings is 1. The van der Waals surface area contributed by atoms with E-state index >= 15 is 0 Å². The number of hydrogen-bond donors (Lipinski definition) is 2. The molecule has 37 heavy (non-hydrogen) atoms. The van der Waals surface area contributed by atoms with Gasteiger partial charge in [0, 0.05) is 17.3 Å². The normalized spacial score (nSPS) is 14.8. The molecule has 6 nitrogen and oxygen atoms in total. The van der Waals surface area contributed by atoms with Crippen molar-refractivity contribution < 1.29 is 31.1 Å². The van der Waals surface area contributed by atoms with Crippen molar-refractivity contribution in [3.05, 3.63) is 76.1 Å². The fraction of sp³-hybridized carbons (Fsp3) is 0.280. The van der Waals surface area contributed by atoms with Gasteiger partial charge in [0.2, 0.25) is 0 Å². The van der Waals surface area contributed by atoms with Gasteiger partial charge < -0.3 is 10.1 Å². The predicted octanol–water partition coefficient (Wildman–Crippen LogP) is 5.84. The largest absolute Gasteiger partial charge is 0.497 e. The summed E-state index contributed by atoms with van der Waals surface area (Å²) >= 11 is 0. The van der Waals surface area contributed by atoms with Gasteiger partial charge in [0.25, 0.3) is 5.56 Å². The number of anilines is 1. The number of nitrogens with zero attached hydrogens (tertiary/aromatic N) is 2. The average Bonchev–Trinajstić information content (AvgIpc) is 2.87. The van der Waals surface area contributed by atoms with E-state index in [-0.39, 0.29) is 17.1 Å². The molecule has 0 saturated heterocycles. The van der Waals surface area contributed by atoms with E-state index in [1.807, 2.05) is 13.8 Å². The molecule has 1 aromatic heterocycles. The van der Waals surface area contributed by atoms with Crippen LogP contribution in [0.25, 0.3) is 16.8 Å². The van der Waals surface area contributed by atoms with Gasteiger partial charge in [-0.2, -0.15) is 26.3 Å². The van der Waals surface area contributed by atoms with Crippen molar-refractivity contribution in [2.24, 2.45) is 4.99 Å². The summed E-state index contributed by atoms with van der Waals surface area (Å²) in [6.07, 6.45) is -8.99. The highest BCUT2D eigenvalue weighted by molar-refractivity contribution is 5.91. The van der Waals surface area contributed by atoms with Gasteiger partial charge in [-0.05, 0) is 48.0 Å². The molecule has 12 heteroatoms. The summed E-state index contributed by atoms with van der Waals surface area (Å²) in [7, 11) is 1.48. The molecular weight excluding hydrogens is 502 g/mol. The van der Waals surface area contributed by atoms with Crippen LogP contribution >= 0.6 is 0 Å². The van der Waals surface area contributed by atoms with E-state index in [0.717, 1.165) is 28.8 Å². The molecule has 4 rings (SSSR count). The lowest BCUT2D eigenvalue weighted by Gasteiger charge is -2.26. The minimum Gasteiger partial charge on any atom is -0.497 e. The number of fused-ring (bicyclic) bond motifs is 1. The van der Waals surface area contributed by atoms with Crippen LogP contribution in [0.5, 0.6) is 5.75 Å². The lowest BCUT2D eigenvalue weighted by Crippen LogP contribution is -2.43. The Bertz CT molecular complexity index is 1300. The van der Waals surface area contributed by atoms with Gasteiger partial charge in [-0.1, -0.05) is 26.0 Å². The zero-order valence-electron chi connectivity index (χ0n) is 20.0. The Hall–Kier alpha value is -3.80. The Balaban J connectivity index is 0.00000186. The summed E-state index contributed by atoms with van der Waals surface area (Å²) in [6.45, 7) is 2.66. The maximum absolute atomic E-state index is 13.5. The molecule has 2 N–H and O–H groups in total. The summed E-state index contributed by atoms with van der Waals surface area (Å²) in [5.41, 5.74) is -0.335. The highest BCUT2D eigenvalue weighted by Crippen LogP contribution is 2.31. The first kappa shape index (κ1) is 27.8. The van der Waals surface area contributed by atoms with Crippen LogP contribution in [0.1, 0.15) is 25.0 Å².